The number of rotatable bonds is 8. The summed E-state index contributed by atoms with van der Waals surface area (Å²) in [5.41, 5.74) is 0. The molecule has 1 unspecified atom stereocenters. The molecule has 1 atom stereocenters. The predicted octanol–water partition coefficient (Wildman–Crippen LogP) is 2.90. The molecule has 0 radical (unpaired) electrons. The van der Waals surface area contributed by atoms with Crippen LogP contribution in [0.15, 0.2) is 24.3 Å². The van der Waals surface area contributed by atoms with Crippen LogP contribution in [0.25, 0.3) is 0 Å². The summed E-state index contributed by atoms with van der Waals surface area (Å²) in [4.78, 5) is 11.5. The molecule has 20 heavy (non-hydrogen) atoms. The van der Waals surface area contributed by atoms with Crippen LogP contribution < -0.4 is 10.1 Å². The van der Waals surface area contributed by atoms with E-state index in [-0.39, 0.29) is 17.9 Å². The number of nitrogens with one attached hydrogen (secondary N) is 1. The number of hydrogen-bond donors (Lipinski definition) is 1. The Bertz CT molecular complexity index is 406. The van der Waals surface area contributed by atoms with Crippen LogP contribution in [0.5, 0.6) is 5.75 Å². The first kappa shape index (κ1) is 16.8. The fourth-order valence-corrected chi connectivity index (χ4v) is 1.89. The van der Waals surface area contributed by atoms with Gasteiger partial charge in [-0.1, -0.05) is 25.4 Å². The van der Waals surface area contributed by atoms with Gasteiger partial charge in [-0.15, -0.1) is 0 Å². The first-order chi connectivity index (χ1) is 9.54. The highest BCUT2D eigenvalue weighted by Gasteiger charge is 2.21. The minimum atomic E-state index is -0.268. The lowest BCUT2D eigenvalue weighted by Crippen LogP contribution is -2.42. The summed E-state index contributed by atoms with van der Waals surface area (Å²) in [7, 11) is 1.41. The van der Waals surface area contributed by atoms with Gasteiger partial charge in [0.25, 0.3) is 0 Å². The van der Waals surface area contributed by atoms with Gasteiger partial charge in [-0.2, -0.15) is 0 Å². The molecular weight excluding hydrogens is 278 g/mol. The Morgan fingerprint density at radius 1 is 1.30 bits per heavy atom. The largest absolute Gasteiger partial charge is 0.494 e. The Labute approximate surface area is 125 Å². The standard InChI is InChI=1S/C15H22ClNO3/c1-11(2)14(15(18)19-3)17-9-4-10-20-13-7-5-12(16)6-8-13/h5-8,11,14,17H,4,9-10H2,1-3H3. The van der Waals surface area contributed by atoms with Crippen molar-refractivity contribution in [1.29, 1.82) is 0 Å². The van der Waals surface area contributed by atoms with Gasteiger partial charge < -0.3 is 14.8 Å². The van der Waals surface area contributed by atoms with Crippen molar-refractivity contribution < 1.29 is 14.3 Å². The van der Waals surface area contributed by atoms with Crippen molar-refractivity contribution in [2.24, 2.45) is 5.92 Å². The van der Waals surface area contributed by atoms with Crippen LogP contribution in [0.4, 0.5) is 0 Å². The second kappa shape index (κ2) is 8.82. The zero-order valence-electron chi connectivity index (χ0n) is 12.2. The number of hydrogen-bond acceptors (Lipinski definition) is 4. The third-order valence-corrected chi connectivity index (χ3v) is 3.14. The molecule has 0 aliphatic rings. The SMILES string of the molecule is COC(=O)C(NCCCOc1ccc(Cl)cc1)C(C)C. The van der Waals surface area contributed by atoms with Crippen LogP contribution in [-0.2, 0) is 9.53 Å². The van der Waals surface area contributed by atoms with Crippen molar-refractivity contribution in [2.45, 2.75) is 26.3 Å². The molecule has 0 spiro atoms. The maximum atomic E-state index is 11.5. The average molecular weight is 300 g/mol. The molecule has 0 saturated carbocycles. The molecule has 112 valence electrons. The number of ether oxygens (including phenoxy) is 2. The summed E-state index contributed by atoms with van der Waals surface area (Å²) in [5.74, 6) is 0.765. The molecule has 0 heterocycles. The minimum Gasteiger partial charge on any atom is -0.494 e. The van der Waals surface area contributed by atoms with E-state index < -0.39 is 0 Å². The smallest absolute Gasteiger partial charge is 0.323 e. The van der Waals surface area contributed by atoms with Crippen LogP contribution in [0, 0.1) is 5.92 Å². The fourth-order valence-electron chi connectivity index (χ4n) is 1.77. The van der Waals surface area contributed by atoms with Crippen LogP contribution in [0.1, 0.15) is 20.3 Å². The minimum absolute atomic E-state index is 0.194. The summed E-state index contributed by atoms with van der Waals surface area (Å²) in [6.45, 7) is 5.25. The lowest BCUT2D eigenvalue weighted by Gasteiger charge is -2.19. The summed E-state index contributed by atoms with van der Waals surface area (Å²) in [6, 6.07) is 6.99. The van der Waals surface area contributed by atoms with Gasteiger partial charge in [0.2, 0.25) is 0 Å². The van der Waals surface area contributed by atoms with Crippen molar-refractivity contribution in [2.75, 3.05) is 20.3 Å². The van der Waals surface area contributed by atoms with Gasteiger partial charge in [0.15, 0.2) is 0 Å². The van der Waals surface area contributed by atoms with Gasteiger partial charge in [0.05, 0.1) is 13.7 Å². The lowest BCUT2D eigenvalue weighted by atomic mass is 10.0. The first-order valence-corrected chi connectivity index (χ1v) is 7.12. The van der Waals surface area contributed by atoms with E-state index in [2.05, 4.69) is 5.32 Å². The first-order valence-electron chi connectivity index (χ1n) is 6.74. The van der Waals surface area contributed by atoms with E-state index in [1.807, 2.05) is 26.0 Å². The molecule has 0 amide bonds. The molecule has 1 rings (SSSR count). The number of carbonyl (C=O) groups excluding carboxylic acids is 1. The van der Waals surface area contributed by atoms with Crippen molar-refractivity contribution in [3.8, 4) is 5.75 Å². The lowest BCUT2D eigenvalue weighted by molar-refractivity contribution is -0.144. The molecule has 1 N–H and O–H groups in total. The topological polar surface area (TPSA) is 47.6 Å². The van der Waals surface area contributed by atoms with Gasteiger partial charge in [0.1, 0.15) is 11.8 Å². The molecule has 0 aliphatic heterocycles. The van der Waals surface area contributed by atoms with Crippen molar-refractivity contribution in [3.63, 3.8) is 0 Å². The second-order valence-corrected chi connectivity index (χ2v) is 5.29. The highest BCUT2D eigenvalue weighted by molar-refractivity contribution is 6.30. The van der Waals surface area contributed by atoms with E-state index in [9.17, 15) is 4.79 Å². The summed E-state index contributed by atoms with van der Waals surface area (Å²) in [5, 5.41) is 3.88. The molecule has 1 aromatic rings. The van der Waals surface area contributed by atoms with E-state index >= 15 is 0 Å². The summed E-state index contributed by atoms with van der Waals surface area (Å²) < 4.78 is 10.3. The third kappa shape index (κ3) is 5.80. The average Bonchev–Trinajstić information content (AvgIpc) is 2.43. The Balaban J connectivity index is 2.23. The number of methoxy groups -OCH3 is 1. The zero-order chi connectivity index (χ0) is 15.0. The van der Waals surface area contributed by atoms with Crippen LogP contribution in [0.3, 0.4) is 0 Å². The van der Waals surface area contributed by atoms with Gasteiger partial charge in [0, 0.05) is 5.02 Å². The Kier molecular flexibility index (Phi) is 7.41. The van der Waals surface area contributed by atoms with E-state index in [1.54, 1.807) is 12.1 Å². The maximum Gasteiger partial charge on any atom is 0.323 e. The summed E-state index contributed by atoms with van der Waals surface area (Å²) >= 11 is 5.79. The molecule has 0 aromatic heterocycles. The van der Waals surface area contributed by atoms with Crippen molar-refractivity contribution in [1.82, 2.24) is 5.32 Å². The van der Waals surface area contributed by atoms with Crippen molar-refractivity contribution in [3.05, 3.63) is 29.3 Å². The van der Waals surface area contributed by atoms with Gasteiger partial charge in [-0.05, 0) is 43.1 Å². The Morgan fingerprint density at radius 3 is 2.50 bits per heavy atom. The zero-order valence-corrected chi connectivity index (χ0v) is 12.9. The molecule has 0 bridgehead atoms. The highest BCUT2D eigenvalue weighted by Crippen LogP contribution is 2.15. The normalized spacial score (nSPS) is 12.2. The summed E-state index contributed by atoms with van der Waals surface area (Å²) in [6.07, 6.45) is 0.808. The molecular formula is C15H22ClNO3. The molecule has 0 aliphatic carbocycles. The van der Waals surface area contributed by atoms with E-state index in [4.69, 9.17) is 21.1 Å². The molecule has 4 nitrogen and oxygen atoms in total. The molecule has 1 aromatic carbocycles. The monoisotopic (exact) mass is 299 g/mol. The quantitative estimate of drug-likeness (QED) is 0.592. The highest BCUT2D eigenvalue weighted by atomic mass is 35.5. The predicted molar refractivity (Wildman–Crippen MR) is 80.2 cm³/mol. The van der Waals surface area contributed by atoms with Gasteiger partial charge in [-0.3, -0.25) is 4.79 Å². The van der Waals surface area contributed by atoms with Crippen molar-refractivity contribution >= 4 is 17.6 Å². The van der Waals surface area contributed by atoms with Crippen LogP contribution in [0.2, 0.25) is 5.02 Å². The second-order valence-electron chi connectivity index (χ2n) is 4.85. The number of esters is 1. The molecule has 5 heteroatoms. The van der Waals surface area contributed by atoms with Crippen LogP contribution >= 0.6 is 11.6 Å². The van der Waals surface area contributed by atoms with E-state index in [0.29, 0.717) is 18.2 Å². The van der Waals surface area contributed by atoms with E-state index in [0.717, 1.165) is 12.2 Å². The van der Waals surface area contributed by atoms with Gasteiger partial charge in [-0.25, -0.2) is 0 Å². The number of benzene rings is 1. The Hall–Kier alpha value is -1.26. The molecule has 0 saturated heterocycles. The third-order valence-electron chi connectivity index (χ3n) is 2.89. The number of carbonyl (C=O) groups is 1. The fraction of sp³-hybridized carbons (Fsp3) is 0.533. The van der Waals surface area contributed by atoms with Gasteiger partial charge >= 0.3 is 5.97 Å². The number of halogens is 1. The Morgan fingerprint density at radius 2 is 1.95 bits per heavy atom. The van der Waals surface area contributed by atoms with Crippen LogP contribution in [-0.4, -0.2) is 32.3 Å². The van der Waals surface area contributed by atoms with E-state index in [1.165, 1.54) is 7.11 Å². The maximum absolute atomic E-state index is 11.5. The molecule has 0 fully saturated rings.